The summed E-state index contributed by atoms with van der Waals surface area (Å²) in [6.07, 6.45) is 6.19. The van der Waals surface area contributed by atoms with Gasteiger partial charge in [-0.25, -0.2) is 4.79 Å². The fraction of sp³-hybridized carbons (Fsp3) is 0.308. The van der Waals surface area contributed by atoms with Crippen molar-refractivity contribution in [1.82, 2.24) is 0 Å². The van der Waals surface area contributed by atoms with Crippen LogP contribution in [0.1, 0.15) is 25.0 Å². The first-order valence-corrected chi connectivity index (χ1v) is 5.21. The molecular formula is C13H14O3. The molecule has 0 amide bonds. The van der Waals surface area contributed by atoms with Gasteiger partial charge < -0.3 is 9.15 Å². The highest BCUT2D eigenvalue weighted by molar-refractivity contribution is 5.90. The molecule has 1 aromatic rings. The van der Waals surface area contributed by atoms with E-state index < -0.39 is 0 Å². The highest BCUT2D eigenvalue weighted by Crippen LogP contribution is 2.34. The summed E-state index contributed by atoms with van der Waals surface area (Å²) in [5.41, 5.74) is 1.89. The molecule has 1 aliphatic carbocycles. The molecule has 1 heterocycles. The van der Waals surface area contributed by atoms with Crippen LogP contribution in [0.2, 0.25) is 0 Å². The van der Waals surface area contributed by atoms with Crippen molar-refractivity contribution in [3.05, 3.63) is 47.5 Å². The number of hydrogen-bond acceptors (Lipinski definition) is 3. The lowest BCUT2D eigenvalue weighted by Crippen LogP contribution is -2.15. The van der Waals surface area contributed by atoms with E-state index in [0.717, 1.165) is 12.2 Å². The van der Waals surface area contributed by atoms with Gasteiger partial charge in [0.25, 0.3) is 0 Å². The van der Waals surface area contributed by atoms with Crippen molar-refractivity contribution < 1.29 is 13.9 Å². The van der Waals surface area contributed by atoms with Crippen LogP contribution in [0, 0.1) is 0 Å². The Hall–Kier alpha value is -1.77. The van der Waals surface area contributed by atoms with Gasteiger partial charge in [0, 0.05) is 5.57 Å². The SMILES string of the molecule is COC(=O)C1=CC=C(C)CC1c1ccco1. The van der Waals surface area contributed by atoms with Crippen molar-refractivity contribution in [3.8, 4) is 0 Å². The summed E-state index contributed by atoms with van der Waals surface area (Å²) in [7, 11) is 1.40. The Bertz CT molecular complexity index is 438. The fourth-order valence-corrected chi connectivity index (χ4v) is 1.92. The number of ether oxygens (including phenoxy) is 1. The molecule has 1 aromatic heterocycles. The number of rotatable bonds is 2. The summed E-state index contributed by atoms with van der Waals surface area (Å²) in [5, 5.41) is 0. The highest BCUT2D eigenvalue weighted by Gasteiger charge is 2.27. The van der Waals surface area contributed by atoms with Crippen molar-refractivity contribution in [1.29, 1.82) is 0 Å². The number of hydrogen-bond donors (Lipinski definition) is 0. The second-order valence-electron chi connectivity index (χ2n) is 3.90. The lowest BCUT2D eigenvalue weighted by molar-refractivity contribution is -0.136. The summed E-state index contributed by atoms with van der Waals surface area (Å²) in [5.74, 6) is 0.502. The Labute approximate surface area is 94.4 Å². The predicted octanol–water partition coefficient (Wildman–Crippen LogP) is 2.81. The zero-order valence-electron chi connectivity index (χ0n) is 9.40. The Morgan fingerprint density at radius 1 is 1.50 bits per heavy atom. The van der Waals surface area contributed by atoms with E-state index in [1.807, 2.05) is 31.2 Å². The van der Waals surface area contributed by atoms with Crippen LogP contribution in [0.4, 0.5) is 0 Å². The van der Waals surface area contributed by atoms with Crippen LogP contribution in [0.5, 0.6) is 0 Å². The van der Waals surface area contributed by atoms with Gasteiger partial charge in [0.15, 0.2) is 0 Å². The average molecular weight is 218 g/mol. The highest BCUT2D eigenvalue weighted by atomic mass is 16.5. The summed E-state index contributed by atoms with van der Waals surface area (Å²) in [4.78, 5) is 11.6. The Morgan fingerprint density at radius 3 is 2.94 bits per heavy atom. The van der Waals surface area contributed by atoms with Gasteiger partial charge in [-0.05, 0) is 25.5 Å². The fourth-order valence-electron chi connectivity index (χ4n) is 1.92. The standard InChI is InChI=1S/C13H14O3/c1-9-5-6-10(13(14)15-2)11(8-9)12-4-3-7-16-12/h3-7,11H,8H2,1-2H3. The molecule has 1 unspecified atom stereocenters. The summed E-state index contributed by atoms with van der Waals surface area (Å²) < 4.78 is 10.1. The maximum absolute atomic E-state index is 11.6. The minimum absolute atomic E-state index is 0.0209. The number of allylic oxidation sites excluding steroid dienone is 3. The van der Waals surface area contributed by atoms with Gasteiger partial charge in [0.05, 0.1) is 19.3 Å². The molecule has 0 saturated carbocycles. The largest absolute Gasteiger partial charge is 0.469 e. The van der Waals surface area contributed by atoms with E-state index in [1.54, 1.807) is 6.26 Å². The van der Waals surface area contributed by atoms with Crippen LogP contribution in [0.25, 0.3) is 0 Å². The molecule has 3 heteroatoms. The van der Waals surface area contributed by atoms with E-state index >= 15 is 0 Å². The second kappa shape index (κ2) is 4.39. The lowest BCUT2D eigenvalue weighted by Gasteiger charge is -2.20. The molecule has 0 spiro atoms. The Kier molecular flexibility index (Phi) is 2.95. The van der Waals surface area contributed by atoms with Crippen molar-refractivity contribution in [2.24, 2.45) is 0 Å². The van der Waals surface area contributed by atoms with Gasteiger partial charge in [-0.3, -0.25) is 0 Å². The van der Waals surface area contributed by atoms with Crippen LogP contribution in [-0.4, -0.2) is 13.1 Å². The van der Waals surface area contributed by atoms with E-state index in [1.165, 1.54) is 12.7 Å². The molecule has 16 heavy (non-hydrogen) atoms. The molecule has 0 aliphatic heterocycles. The summed E-state index contributed by atoms with van der Waals surface area (Å²) in [6.45, 7) is 2.04. The smallest absolute Gasteiger partial charge is 0.334 e. The number of carbonyl (C=O) groups excluding carboxylic acids is 1. The molecule has 0 saturated heterocycles. The summed E-state index contributed by atoms with van der Waals surface area (Å²) >= 11 is 0. The van der Waals surface area contributed by atoms with Crippen molar-refractivity contribution in [3.63, 3.8) is 0 Å². The first kappa shape index (κ1) is 10.7. The van der Waals surface area contributed by atoms with Gasteiger partial charge in [-0.1, -0.05) is 17.7 Å². The summed E-state index contributed by atoms with van der Waals surface area (Å²) in [6, 6.07) is 3.72. The van der Waals surface area contributed by atoms with Crippen molar-refractivity contribution in [2.75, 3.05) is 7.11 Å². The van der Waals surface area contributed by atoms with E-state index in [-0.39, 0.29) is 11.9 Å². The van der Waals surface area contributed by atoms with Gasteiger partial charge >= 0.3 is 5.97 Å². The van der Waals surface area contributed by atoms with Gasteiger partial charge in [-0.2, -0.15) is 0 Å². The molecule has 0 aromatic carbocycles. The molecule has 2 rings (SSSR count). The van der Waals surface area contributed by atoms with E-state index in [2.05, 4.69) is 0 Å². The molecule has 0 N–H and O–H groups in total. The molecule has 0 fully saturated rings. The first-order valence-electron chi connectivity index (χ1n) is 5.21. The Morgan fingerprint density at radius 2 is 2.31 bits per heavy atom. The topological polar surface area (TPSA) is 39.4 Å². The van der Waals surface area contributed by atoms with E-state index in [9.17, 15) is 4.79 Å². The van der Waals surface area contributed by atoms with Crippen LogP contribution >= 0.6 is 0 Å². The number of esters is 1. The van der Waals surface area contributed by atoms with Gasteiger partial charge in [0.1, 0.15) is 5.76 Å². The zero-order valence-corrected chi connectivity index (χ0v) is 9.40. The lowest BCUT2D eigenvalue weighted by atomic mass is 9.86. The number of methoxy groups -OCH3 is 1. The van der Waals surface area contributed by atoms with Crippen LogP contribution in [0.15, 0.2) is 46.1 Å². The molecule has 3 nitrogen and oxygen atoms in total. The molecular weight excluding hydrogens is 204 g/mol. The third-order valence-corrected chi connectivity index (χ3v) is 2.76. The maximum Gasteiger partial charge on any atom is 0.334 e. The van der Waals surface area contributed by atoms with E-state index in [4.69, 9.17) is 9.15 Å². The van der Waals surface area contributed by atoms with Crippen molar-refractivity contribution >= 4 is 5.97 Å². The van der Waals surface area contributed by atoms with Crippen LogP contribution < -0.4 is 0 Å². The third-order valence-electron chi connectivity index (χ3n) is 2.76. The van der Waals surface area contributed by atoms with Gasteiger partial charge in [-0.15, -0.1) is 0 Å². The molecule has 1 aliphatic rings. The quantitative estimate of drug-likeness (QED) is 0.716. The van der Waals surface area contributed by atoms with Crippen molar-refractivity contribution in [2.45, 2.75) is 19.3 Å². The maximum atomic E-state index is 11.6. The predicted molar refractivity (Wildman–Crippen MR) is 59.9 cm³/mol. The molecule has 1 atom stereocenters. The molecule has 0 bridgehead atoms. The zero-order chi connectivity index (χ0) is 11.5. The van der Waals surface area contributed by atoms with E-state index in [0.29, 0.717) is 5.57 Å². The third kappa shape index (κ3) is 1.94. The average Bonchev–Trinajstić information content (AvgIpc) is 2.81. The Balaban J connectivity index is 2.34. The number of carbonyl (C=O) groups is 1. The minimum atomic E-state index is -0.287. The first-order chi connectivity index (χ1) is 7.72. The number of furan rings is 1. The van der Waals surface area contributed by atoms with Crippen LogP contribution in [-0.2, 0) is 9.53 Å². The molecule has 84 valence electrons. The second-order valence-corrected chi connectivity index (χ2v) is 3.90. The van der Waals surface area contributed by atoms with Crippen LogP contribution in [0.3, 0.4) is 0 Å². The normalized spacial score (nSPS) is 20.0. The molecule has 0 radical (unpaired) electrons. The van der Waals surface area contributed by atoms with Gasteiger partial charge in [0.2, 0.25) is 0 Å². The monoisotopic (exact) mass is 218 g/mol. The minimum Gasteiger partial charge on any atom is -0.469 e.